The average molecular weight is 417 g/mol. The number of amides is 3. The molecule has 3 rings (SSSR count). The van der Waals surface area contributed by atoms with Gasteiger partial charge in [-0.25, -0.2) is 4.39 Å². The minimum absolute atomic E-state index is 0.0505. The molecule has 162 valence electrons. The molecule has 0 spiro atoms. The monoisotopic (exact) mass is 417 g/mol. The van der Waals surface area contributed by atoms with Gasteiger partial charge >= 0.3 is 0 Å². The number of halogens is 1. The van der Waals surface area contributed by atoms with Crippen molar-refractivity contribution in [2.24, 2.45) is 5.92 Å². The van der Waals surface area contributed by atoms with Crippen molar-refractivity contribution in [2.45, 2.75) is 45.7 Å². The van der Waals surface area contributed by atoms with E-state index in [1.165, 1.54) is 20.8 Å². The first kappa shape index (κ1) is 21.8. The van der Waals surface area contributed by atoms with Gasteiger partial charge < -0.3 is 14.9 Å². The molecule has 2 unspecified atom stereocenters. The third kappa shape index (κ3) is 4.04. The van der Waals surface area contributed by atoms with Crippen LogP contribution in [-0.2, 0) is 14.4 Å². The lowest BCUT2D eigenvalue weighted by molar-refractivity contribution is -0.132. The minimum Gasteiger partial charge on any atom is -0.503 e. The fourth-order valence-corrected chi connectivity index (χ4v) is 4.20. The van der Waals surface area contributed by atoms with Gasteiger partial charge in [0.25, 0.3) is 17.7 Å². The predicted molar refractivity (Wildman–Crippen MR) is 109 cm³/mol. The summed E-state index contributed by atoms with van der Waals surface area (Å²) in [4.78, 5) is 42.5. The molecule has 1 N–H and O–H groups in total. The van der Waals surface area contributed by atoms with Gasteiger partial charge in [0.05, 0.1) is 6.08 Å². The van der Waals surface area contributed by atoms with E-state index in [1.807, 2.05) is 19.9 Å². The van der Waals surface area contributed by atoms with E-state index in [0.29, 0.717) is 44.3 Å². The molecule has 2 aliphatic heterocycles. The number of hydrogen-bond acceptors (Lipinski definition) is 4. The number of fused-ring (bicyclic) bond motifs is 1. The molecule has 3 aliphatic rings. The van der Waals surface area contributed by atoms with Gasteiger partial charge in [0.2, 0.25) is 0 Å². The number of nitrogens with zero attached hydrogens (tertiary/aromatic N) is 3. The number of aliphatic hydroxyl groups is 1. The first-order valence-electron chi connectivity index (χ1n) is 10.4. The van der Waals surface area contributed by atoms with Gasteiger partial charge in [0.1, 0.15) is 17.7 Å². The molecule has 8 heteroatoms. The minimum atomic E-state index is -0.767. The third-order valence-corrected chi connectivity index (χ3v) is 5.84. The summed E-state index contributed by atoms with van der Waals surface area (Å²) in [5.41, 5.74) is 0.843. The Bertz CT molecular complexity index is 874. The maximum atomic E-state index is 13.8. The molecule has 2 heterocycles. The lowest BCUT2D eigenvalue weighted by Gasteiger charge is -2.29. The number of allylic oxidation sites excluding steroid dienone is 3. The summed E-state index contributed by atoms with van der Waals surface area (Å²) in [6.45, 7) is 4.37. The molecule has 1 aliphatic carbocycles. The lowest BCUT2D eigenvalue weighted by Crippen LogP contribution is -2.41. The molecule has 0 aromatic heterocycles. The Morgan fingerprint density at radius 1 is 1.17 bits per heavy atom. The highest BCUT2D eigenvalue weighted by molar-refractivity contribution is 6.06. The molecule has 0 saturated carbocycles. The Labute approximate surface area is 175 Å². The quantitative estimate of drug-likeness (QED) is 0.763. The van der Waals surface area contributed by atoms with Crippen molar-refractivity contribution in [3.05, 3.63) is 47.2 Å². The zero-order chi connectivity index (χ0) is 22.0. The van der Waals surface area contributed by atoms with Crippen molar-refractivity contribution in [2.75, 3.05) is 20.1 Å². The second-order valence-corrected chi connectivity index (χ2v) is 7.77. The highest BCUT2D eigenvalue weighted by atomic mass is 19.1. The fourth-order valence-electron chi connectivity index (χ4n) is 4.20. The lowest BCUT2D eigenvalue weighted by atomic mass is 9.93. The van der Waals surface area contributed by atoms with Gasteiger partial charge in [-0.15, -0.1) is 0 Å². The molecule has 30 heavy (non-hydrogen) atoms. The third-order valence-electron chi connectivity index (χ3n) is 5.84. The standard InChI is InChI=1S/C22H28FN3O4/c1-4-15-11-14(8-9-16(15)23)13-25-10-6-7-17-21(29)24(3)19(5-2)26(17)22(30)18(27)12-20(25)28/h7,9,11-12,14,19,27H,4-6,8,10,13H2,1-3H3/b17-7+,18-12-. The molecular formula is C22H28FN3O4. The van der Waals surface area contributed by atoms with Crippen LogP contribution in [0.3, 0.4) is 0 Å². The van der Waals surface area contributed by atoms with Crippen molar-refractivity contribution in [1.29, 1.82) is 0 Å². The van der Waals surface area contributed by atoms with Crippen LogP contribution >= 0.6 is 0 Å². The van der Waals surface area contributed by atoms with Crippen molar-refractivity contribution < 1.29 is 23.9 Å². The molecule has 0 radical (unpaired) electrons. The summed E-state index contributed by atoms with van der Waals surface area (Å²) < 4.78 is 13.8. The van der Waals surface area contributed by atoms with E-state index in [1.54, 1.807) is 13.1 Å². The van der Waals surface area contributed by atoms with Crippen LogP contribution in [0.25, 0.3) is 0 Å². The molecule has 0 aromatic rings. The molecule has 2 atom stereocenters. The topological polar surface area (TPSA) is 81.2 Å². The van der Waals surface area contributed by atoms with Crippen LogP contribution in [0, 0.1) is 5.92 Å². The Balaban J connectivity index is 1.86. The van der Waals surface area contributed by atoms with Crippen LogP contribution in [-0.4, -0.2) is 63.8 Å². The summed E-state index contributed by atoms with van der Waals surface area (Å²) in [5.74, 6) is -2.50. The zero-order valence-corrected chi connectivity index (χ0v) is 17.6. The van der Waals surface area contributed by atoms with E-state index < -0.39 is 23.7 Å². The van der Waals surface area contributed by atoms with Gasteiger partial charge in [-0.3, -0.25) is 19.3 Å². The summed E-state index contributed by atoms with van der Waals surface area (Å²) in [7, 11) is 1.61. The Hall–Kier alpha value is -2.90. The average Bonchev–Trinajstić information content (AvgIpc) is 2.97. The number of aliphatic hydroxyl groups excluding tert-OH is 1. The fraction of sp³-hybridized carbons (Fsp3) is 0.500. The summed E-state index contributed by atoms with van der Waals surface area (Å²) in [6.07, 6.45) is 7.37. The second kappa shape index (κ2) is 8.85. The smallest absolute Gasteiger partial charge is 0.295 e. The SMILES string of the molecule is CCC1=CC(CN2CC/C=C3\C(=O)N(C)C(CC)N3C(=O)/C(O)=C/C2=O)CC=C1F. The van der Waals surface area contributed by atoms with Gasteiger partial charge in [-0.2, -0.15) is 0 Å². The van der Waals surface area contributed by atoms with Crippen LogP contribution in [0.15, 0.2) is 47.2 Å². The van der Waals surface area contributed by atoms with E-state index in [4.69, 9.17) is 0 Å². The number of hydrogen-bond donors (Lipinski definition) is 1. The Morgan fingerprint density at radius 3 is 2.57 bits per heavy atom. The molecule has 0 aromatic carbocycles. The summed E-state index contributed by atoms with van der Waals surface area (Å²) >= 11 is 0. The van der Waals surface area contributed by atoms with Crippen molar-refractivity contribution in [3.63, 3.8) is 0 Å². The molecule has 1 saturated heterocycles. The Morgan fingerprint density at radius 2 is 1.90 bits per heavy atom. The molecule has 3 amide bonds. The first-order valence-corrected chi connectivity index (χ1v) is 10.4. The maximum absolute atomic E-state index is 13.8. The van der Waals surface area contributed by atoms with E-state index in [0.717, 1.165) is 6.08 Å². The van der Waals surface area contributed by atoms with Crippen LogP contribution in [0.4, 0.5) is 4.39 Å². The summed E-state index contributed by atoms with van der Waals surface area (Å²) in [5, 5.41) is 10.3. The van der Waals surface area contributed by atoms with Gasteiger partial charge in [0.15, 0.2) is 5.76 Å². The normalized spacial score (nSPS) is 29.1. The van der Waals surface area contributed by atoms with Gasteiger partial charge in [-0.05, 0) is 43.3 Å². The van der Waals surface area contributed by atoms with E-state index in [9.17, 15) is 23.9 Å². The molecule has 7 nitrogen and oxygen atoms in total. The molecule has 0 bridgehead atoms. The van der Waals surface area contributed by atoms with Gasteiger partial charge in [0, 0.05) is 20.1 Å². The van der Waals surface area contributed by atoms with E-state index in [2.05, 4.69) is 0 Å². The van der Waals surface area contributed by atoms with Crippen molar-refractivity contribution in [1.82, 2.24) is 14.7 Å². The maximum Gasteiger partial charge on any atom is 0.295 e. The van der Waals surface area contributed by atoms with Crippen LogP contribution in [0.2, 0.25) is 0 Å². The van der Waals surface area contributed by atoms with E-state index in [-0.39, 0.29) is 23.3 Å². The van der Waals surface area contributed by atoms with Crippen LogP contribution < -0.4 is 0 Å². The Kier molecular flexibility index (Phi) is 6.43. The number of likely N-dealkylation sites (N-methyl/N-ethyl adjacent to an activating group) is 1. The highest BCUT2D eigenvalue weighted by Crippen LogP contribution is 2.29. The van der Waals surface area contributed by atoms with E-state index >= 15 is 0 Å². The molecular weight excluding hydrogens is 389 g/mol. The van der Waals surface area contributed by atoms with Crippen molar-refractivity contribution in [3.8, 4) is 0 Å². The van der Waals surface area contributed by atoms with Crippen molar-refractivity contribution >= 4 is 17.7 Å². The van der Waals surface area contributed by atoms with Crippen LogP contribution in [0.5, 0.6) is 0 Å². The van der Waals surface area contributed by atoms with Gasteiger partial charge in [-0.1, -0.05) is 26.0 Å². The molecule has 1 fully saturated rings. The zero-order valence-electron chi connectivity index (χ0n) is 17.6. The van der Waals surface area contributed by atoms with Crippen LogP contribution in [0.1, 0.15) is 39.5 Å². The summed E-state index contributed by atoms with van der Waals surface area (Å²) in [6, 6.07) is 0. The number of rotatable bonds is 4. The first-order chi connectivity index (χ1) is 14.3. The predicted octanol–water partition coefficient (Wildman–Crippen LogP) is 2.79. The second-order valence-electron chi connectivity index (χ2n) is 7.77. The largest absolute Gasteiger partial charge is 0.503 e. The number of carbonyl (C=O) groups excluding carboxylic acids is 3. The number of carbonyl (C=O) groups is 3. The highest BCUT2D eigenvalue weighted by Gasteiger charge is 2.43.